The van der Waals surface area contributed by atoms with Gasteiger partial charge in [0.15, 0.2) is 0 Å². The first-order valence-electron chi connectivity index (χ1n) is 5.86. The topological polar surface area (TPSA) is 26.3 Å². The van der Waals surface area contributed by atoms with Gasteiger partial charge in [0.1, 0.15) is 6.61 Å². The van der Waals surface area contributed by atoms with Gasteiger partial charge in [-0.3, -0.25) is 4.79 Å². The smallest absolute Gasteiger partial charge is 0.311 e. The van der Waals surface area contributed by atoms with E-state index >= 15 is 0 Å². The Labute approximate surface area is 109 Å². The van der Waals surface area contributed by atoms with Gasteiger partial charge in [0.25, 0.3) is 0 Å². The van der Waals surface area contributed by atoms with Crippen LogP contribution >= 0.6 is 12.6 Å². The summed E-state index contributed by atoms with van der Waals surface area (Å²) in [6.07, 6.45) is 11.7. The number of carbonyl (C=O) groups excluding carboxylic acids is 1. The molecule has 0 heterocycles. The van der Waals surface area contributed by atoms with E-state index in [0.717, 1.165) is 18.4 Å². The number of rotatable bonds is 5. The minimum absolute atomic E-state index is 0.158. The standard InChI is InChI=1S/C14H20O2S/c1-14(2,9-10-17)13(15)16-11-12-7-5-3-4-6-8-12/h3,5-8,17H,4,9-11H2,1-2H3. The zero-order chi connectivity index (χ0) is 12.7. The number of esters is 1. The van der Waals surface area contributed by atoms with Crippen LogP contribution in [-0.2, 0) is 9.53 Å². The van der Waals surface area contributed by atoms with Crippen molar-refractivity contribution in [2.75, 3.05) is 12.4 Å². The molecule has 3 heteroatoms. The Morgan fingerprint density at radius 2 is 2.24 bits per heavy atom. The molecule has 1 rings (SSSR count). The van der Waals surface area contributed by atoms with Gasteiger partial charge in [-0.2, -0.15) is 12.6 Å². The summed E-state index contributed by atoms with van der Waals surface area (Å²) >= 11 is 4.15. The van der Waals surface area contributed by atoms with E-state index in [1.165, 1.54) is 0 Å². The maximum absolute atomic E-state index is 11.9. The number of thiol groups is 1. The van der Waals surface area contributed by atoms with Crippen LogP contribution in [0.4, 0.5) is 0 Å². The molecule has 0 aromatic heterocycles. The zero-order valence-electron chi connectivity index (χ0n) is 10.5. The average Bonchev–Trinajstić information content (AvgIpc) is 2.54. The molecular weight excluding hydrogens is 232 g/mol. The Balaban J connectivity index is 2.48. The predicted molar refractivity (Wildman–Crippen MR) is 74.2 cm³/mol. The van der Waals surface area contributed by atoms with Crippen molar-refractivity contribution >= 4 is 18.6 Å². The summed E-state index contributed by atoms with van der Waals surface area (Å²) in [4.78, 5) is 11.9. The summed E-state index contributed by atoms with van der Waals surface area (Å²) in [6.45, 7) is 4.13. The summed E-state index contributed by atoms with van der Waals surface area (Å²) in [5, 5.41) is 0. The molecule has 1 aliphatic rings. The SMILES string of the molecule is CC(C)(CCS)C(=O)OCC1=CC=CCC=C1. The number of carbonyl (C=O) groups is 1. The van der Waals surface area contributed by atoms with Gasteiger partial charge in [0, 0.05) is 0 Å². The molecule has 0 amide bonds. The summed E-state index contributed by atoms with van der Waals surface area (Å²) in [5.41, 5.74) is 0.570. The molecule has 0 fully saturated rings. The Bertz CT molecular complexity index is 351. The summed E-state index contributed by atoms with van der Waals surface area (Å²) in [5.74, 6) is 0.530. The van der Waals surface area contributed by atoms with E-state index in [1.807, 2.05) is 32.1 Å². The fraction of sp³-hybridized carbons (Fsp3) is 0.500. The van der Waals surface area contributed by atoms with E-state index in [9.17, 15) is 4.79 Å². The lowest BCUT2D eigenvalue weighted by Crippen LogP contribution is -2.27. The van der Waals surface area contributed by atoms with E-state index in [1.54, 1.807) is 0 Å². The van der Waals surface area contributed by atoms with Crippen molar-refractivity contribution in [2.24, 2.45) is 5.41 Å². The van der Waals surface area contributed by atoms with Gasteiger partial charge < -0.3 is 4.74 Å². The molecule has 0 N–H and O–H groups in total. The van der Waals surface area contributed by atoms with Crippen molar-refractivity contribution in [1.82, 2.24) is 0 Å². The molecule has 0 radical (unpaired) electrons. The lowest BCUT2D eigenvalue weighted by molar-refractivity contribution is -0.152. The molecule has 1 aliphatic carbocycles. The molecule has 0 aliphatic heterocycles. The molecule has 0 bridgehead atoms. The molecule has 0 spiro atoms. The van der Waals surface area contributed by atoms with Crippen LogP contribution in [0.3, 0.4) is 0 Å². The molecule has 17 heavy (non-hydrogen) atoms. The second kappa shape index (κ2) is 6.70. The maximum atomic E-state index is 11.9. The van der Waals surface area contributed by atoms with Gasteiger partial charge in [0.05, 0.1) is 5.41 Å². The highest BCUT2D eigenvalue weighted by molar-refractivity contribution is 7.80. The summed E-state index contributed by atoms with van der Waals surface area (Å²) in [7, 11) is 0. The van der Waals surface area contributed by atoms with Crippen molar-refractivity contribution in [2.45, 2.75) is 26.7 Å². The van der Waals surface area contributed by atoms with Gasteiger partial charge in [0.2, 0.25) is 0 Å². The summed E-state index contributed by atoms with van der Waals surface area (Å²) in [6, 6.07) is 0. The van der Waals surface area contributed by atoms with Crippen LogP contribution in [0.1, 0.15) is 26.7 Å². The first-order chi connectivity index (χ1) is 8.06. The van der Waals surface area contributed by atoms with Crippen LogP contribution < -0.4 is 0 Å². The van der Waals surface area contributed by atoms with Crippen molar-refractivity contribution in [3.8, 4) is 0 Å². The largest absolute Gasteiger partial charge is 0.460 e. The van der Waals surface area contributed by atoms with E-state index in [0.29, 0.717) is 12.4 Å². The van der Waals surface area contributed by atoms with Crippen LogP contribution in [0.25, 0.3) is 0 Å². The third-order valence-electron chi connectivity index (χ3n) is 2.71. The number of hydrogen-bond donors (Lipinski definition) is 1. The second-order valence-electron chi connectivity index (χ2n) is 4.74. The molecule has 2 nitrogen and oxygen atoms in total. The highest BCUT2D eigenvalue weighted by Crippen LogP contribution is 2.23. The second-order valence-corrected chi connectivity index (χ2v) is 5.19. The first-order valence-corrected chi connectivity index (χ1v) is 6.50. The van der Waals surface area contributed by atoms with Gasteiger partial charge in [-0.1, -0.05) is 30.4 Å². The van der Waals surface area contributed by atoms with Crippen molar-refractivity contribution < 1.29 is 9.53 Å². The molecular formula is C14H20O2S. The third kappa shape index (κ3) is 4.82. The number of allylic oxidation sites excluding steroid dienone is 4. The number of hydrogen-bond acceptors (Lipinski definition) is 3. The third-order valence-corrected chi connectivity index (χ3v) is 2.93. The minimum Gasteiger partial charge on any atom is -0.460 e. The number of ether oxygens (including phenoxy) is 1. The van der Waals surface area contributed by atoms with Crippen LogP contribution in [0.2, 0.25) is 0 Å². The lowest BCUT2D eigenvalue weighted by Gasteiger charge is -2.21. The van der Waals surface area contributed by atoms with E-state index in [-0.39, 0.29) is 5.97 Å². The van der Waals surface area contributed by atoms with Crippen LogP contribution in [-0.4, -0.2) is 18.3 Å². The molecule has 0 aromatic carbocycles. The quantitative estimate of drug-likeness (QED) is 0.600. The Hall–Kier alpha value is -0.960. The fourth-order valence-corrected chi connectivity index (χ4v) is 2.00. The van der Waals surface area contributed by atoms with E-state index in [4.69, 9.17) is 4.74 Å². The predicted octanol–water partition coefficient (Wildman–Crippen LogP) is 3.32. The van der Waals surface area contributed by atoms with Crippen LogP contribution in [0.5, 0.6) is 0 Å². The lowest BCUT2D eigenvalue weighted by atomic mass is 9.90. The van der Waals surface area contributed by atoms with Gasteiger partial charge in [-0.25, -0.2) is 0 Å². The highest BCUT2D eigenvalue weighted by Gasteiger charge is 2.28. The Morgan fingerprint density at radius 1 is 1.47 bits per heavy atom. The normalized spacial score (nSPS) is 15.4. The monoisotopic (exact) mass is 252 g/mol. The Kier molecular flexibility index (Phi) is 5.56. The van der Waals surface area contributed by atoms with Gasteiger partial charge in [-0.05, 0) is 38.0 Å². The highest BCUT2D eigenvalue weighted by atomic mass is 32.1. The summed E-state index contributed by atoms with van der Waals surface area (Å²) < 4.78 is 5.33. The van der Waals surface area contributed by atoms with Gasteiger partial charge >= 0.3 is 5.97 Å². The Morgan fingerprint density at radius 3 is 2.94 bits per heavy atom. The minimum atomic E-state index is -0.452. The molecule has 94 valence electrons. The van der Waals surface area contributed by atoms with Crippen molar-refractivity contribution in [3.05, 3.63) is 36.0 Å². The fourth-order valence-electron chi connectivity index (χ4n) is 1.45. The first kappa shape index (κ1) is 14.1. The zero-order valence-corrected chi connectivity index (χ0v) is 11.4. The molecule has 0 saturated heterocycles. The van der Waals surface area contributed by atoms with Gasteiger partial charge in [-0.15, -0.1) is 0 Å². The molecule has 0 atom stereocenters. The van der Waals surface area contributed by atoms with Crippen LogP contribution in [0, 0.1) is 5.41 Å². The van der Waals surface area contributed by atoms with Crippen molar-refractivity contribution in [3.63, 3.8) is 0 Å². The molecule has 0 saturated carbocycles. The van der Waals surface area contributed by atoms with E-state index in [2.05, 4.69) is 24.8 Å². The molecule has 0 unspecified atom stereocenters. The molecule has 0 aromatic rings. The average molecular weight is 252 g/mol. The maximum Gasteiger partial charge on any atom is 0.311 e. The van der Waals surface area contributed by atoms with Crippen molar-refractivity contribution in [1.29, 1.82) is 0 Å². The van der Waals surface area contributed by atoms with Crippen LogP contribution in [0.15, 0.2) is 36.0 Å². The van der Waals surface area contributed by atoms with E-state index < -0.39 is 5.41 Å².